The van der Waals surface area contributed by atoms with Crippen LogP contribution in [-0.2, 0) is 11.2 Å². The zero-order chi connectivity index (χ0) is 16.7. The fourth-order valence-corrected chi connectivity index (χ4v) is 2.07. The molecule has 0 aliphatic carbocycles. The van der Waals surface area contributed by atoms with E-state index < -0.39 is 12.1 Å². The quantitative estimate of drug-likeness (QED) is 0.677. The number of carboxylic acids is 1. The normalized spacial score (nSPS) is 11.6. The van der Waals surface area contributed by atoms with E-state index in [9.17, 15) is 9.59 Å². The molecule has 5 N–H and O–H groups in total. The monoisotopic (exact) mass is 307 g/mol. The minimum absolute atomic E-state index is 0.0213. The van der Waals surface area contributed by atoms with Gasteiger partial charge in [0, 0.05) is 17.6 Å². The number of aliphatic carboxylic acids is 1. The van der Waals surface area contributed by atoms with Gasteiger partial charge in [0.1, 0.15) is 0 Å². The fourth-order valence-electron chi connectivity index (χ4n) is 2.07. The second-order valence-corrected chi connectivity index (χ2v) is 4.93. The zero-order valence-electron chi connectivity index (χ0n) is 12.6. The molecule has 0 bridgehead atoms. The van der Waals surface area contributed by atoms with Gasteiger partial charge < -0.3 is 21.3 Å². The number of para-hydroxylation sites is 1. The summed E-state index contributed by atoms with van der Waals surface area (Å²) in [5.74, 6) is -0.822. The molecule has 0 amide bonds. The van der Waals surface area contributed by atoms with Crippen LogP contribution in [-0.4, -0.2) is 46.5 Å². The number of hydrogen-bond donors (Lipinski definition) is 4. The van der Waals surface area contributed by atoms with Crippen LogP contribution < -0.4 is 11.1 Å². The Morgan fingerprint density at radius 2 is 1.95 bits per heavy atom. The molecule has 22 heavy (non-hydrogen) atoms. The van der Waals surface area contributed by atoms with E-state index in [1.54, 1.807) is 19.3 Å². The summed E-state index contributed by atoms with van der Waals surface area (Å²) in [5, 5.41) is 20.3. The lowest BCUT2D eigenvalue weighted by atomic mass is 10.1. The van der Waals surface area contributed by atoms with Crippen molar-refractivity contribution < 1.29 is 19.8 Å². The number of nitrogens with one attached hydrogen (secondary N) is 1. The molecule has 0 saturated carbocycles. The third-order valence-electron chi connectivity index (χ3n) is 2.87. The van der Waals surface area contributed by atoms with E-state index in [1.165, 1.54) is 4.57 Å². The second-order valence-electron chi connectivity index (χ2n) is 4.93. The SMILES string of the molecule is CNCC(=O)O.C[C@@H](N)Cc1cn(C(=O)O)c2ccccc12. The Kier molecular flexibility index (Phi) is 6.55. The van der Waals surface area contributed by atoms with Crippen LogP contribution in [0.15, 0.2) is 30.5 Å². The summed E-state index contributed by atoms with van der Waals surface area (Å²) in [4.78, 5) is 20.6. The number of benzene rings is 1. The van der Waals surface area contributed by atoms with Crippen molar-refractivity contribution in [3.05, 3.63) is 36.0 Å². The van der Waals surface area contributed by atoms with E-state index in [-0.39, 0.29) is 12.6 Å². The summed E-state index contributed by atoms with van der Waals surface area (Å²) in [5.41, 5.74) is 7.44. The number of fused-ring (bicyclic) bond motifs is 1. The number of hydrogen-bond acceptors (Lipinski definition) is 4. The largest absolute Gasteiger partial charge is 0.480 e. The molecule has 2 aromatic rings. The van der Waals surface area contributed by atoms with Gasteiger partial charge >= 0.3 is 12.1 Å². The van der Waals surface area contributed by atoms with Gasteiger partial charge in [-0.2, -0.15) is 0 Å². The van der Waals surface area contributed by atoms with Crippen molar-refractivity contribution >= 4 is 23.0 Å². The number of carbonyl (C=O) groups is 2. The van der Waals surface area contributed by atoms with Crippen LogP contribution in [0.3, 0.4) is 0 Å². The standard InChI is InChI=1S/C12H14N2O2.C3H7NO2/c1-8(13)6-9-7-14(12(15)16)11-5-3-2-4-10(9)11;1-4-2-3(5)6/h2-5,7-8H,6,13H2,1H3,(H,15,16);4H,2H2,1H3,(H,5,6)/t8-;/m1./s1. The van der Waals surface area contributed by atoms with E-state index in [1.807, 2.05) is 25.1 Å². The average Bonchev–Trinajstić information content (AvgIpc) is 2.78. The van der Waals surface area contributed by atoms with Crippen molar-refractivity contribution in [2.45, 2.75) is 19.4 Å². The van der Waals surface area contributed by atoms with Gasteiger partial charge in [-0.15, -0.1) is 0 Å². The van der Waals surface area contributed by atoms with Crippen LogP contribution in [0.25, 0.3) is 10.9 Å². The molecular formula is C15H21N3O4. The van der Waals surface area contributed by atoms with Crippen molar-refractivity contribution in [3.8, 4) is 0 Å². The molecule has 2 rings (SSSR count). The van der Waals surface area contributed by atoms with Crippen LogP contribution in [0.5, 0.6) is 0 Å². The average molecular weight is 307 g/mol. The van der Waals surface area contributed by atoms with Gasteiger partial charge in [-0.1, -0.05) is 18.2 Å². The van der Waals surface area contributed by atoms with E-state index in [4.69, 9.17) is 15.9 Å². The fraction of sp³-hybridized carbons (Fsp3) is 0.333. The molecule has 1 aromatic carbocycles. The van der Waals surface area contributed by atoms with E-state index in [0.717, 1.165) is 10.9 Å². The minimum atomic E-state index is -0.966. The highest BCUT2D eigenvalue weighted by Gasteiger charge is 2.12. The Hall–Kier alpha value is -2.38. The summed E-state index contributed by atoms with van der Waals surface area (Å²) in [6, 6.07) is 7.48. The molecule has 120 valence electrons. The highest BCUT2D eigenvalue weighted by atomic mass is 16.4. The van der Waals surface area contributed by atoms with Crippen molar-refractivity contribution in [2.75, 3.05) is 13.6 Å². The van der Waals surface area contributed by atoms with Gasteiger partial charge in [0.05, 0.1) is 12.1 Å². The number of likely N-dealkylation sites (N-methyl/N-ethyl adjacent to an activating group) is 1. The zero-order valence-corrected chi connectivity index (χ0v) is 12.6. The molecule has 7 nitrogen and oxygen atoms in total. The van der Waals surface area contributed by atoms with Gasteiger partial charge in [-0.25, -0.2) is 4.79 Å². The number of nitrogens with zero attached hydrogens (tertiary/aromatic N) is 1. The highest BCUT2D eigenvalue weighted by molar-refractivity contribution is 5.91. The first kappa shape index (κ1) is 17.7. The Balaban J connectivity index is 0.000000346. The number of aromatic nitrogens is 1. The van der Waals surface area contributed by atoms with Crippen molar-refractivity contribution in [1.82, 2.24) is 9.88 Å². The van der Waals surface area contributed by atoms with Gasteiger partial charge in [-0.05, 0) is 32.0 Å². The molecule has 1 atom stereocenters. The van der Waals surface area contributed by atoms with Gasteiger partial charge in [0.2, 0.25) is 0 Å². The number of nitrogens with two attached hydrogens (primary N) is 1. The minimum Gasteiger partial charge on any atom is -0.480 e. The summed E-state index contributed by atoms with van der Waals surface area (Å²) in [6.07, 6.45) is 1.36. The van der Waals surface area contributed by atoms with Crippen LogP contribution in [0.2, 0.25) is 0 Å². The first-order valence-electron chi connectivity index (χ1n) is 6.81. The molecule has 0 radical (unpaired) electrons. The molecule has 0 aliphatic rings. The topological polar surface area (TPSA) is 118 Å². The molecule has 1 aromatic heterocycles. The van der Waals surface area contributed by atoms with E-state index in [2.05, 4.69) is 5.32 Å². The maximum atomic E-state index is 11.0. The van der Waals surface area contributed by atoms with Crippen LogP contribution in [0.4, 0.5) is 4.79 Å². The molecule has 0 fully saturated rings. The molecule has 7 heteroatoms. The summed E-state index contributed by atoms with van der Waals surface area (Å²) in [7, 11) is 1.59. The third-order valence-corrected chi connectivity index (χ3v) is 2.87. The molecule has 1 heterocycles. The lowest BCUT2D eigenvalue weighted by Crippen LogP contribution is -2.17. The summed E-state index contributed by atoms with van der Waals surface area (Å²) < 4.78 is 1.24. The van der Waals surface area contributed by atoms with Crippen LogP contribution >= 0.6 is 0 Å². The van der Waals surface area contributed by atoms with Crippen molar-refractivity contribution in [2.24, 2.45) is 5.73 Å². The van der Waals surface area contributed by atoms with Gasteiger partial charge in [-0.3, -0.25) is 9.36 Å². The lowest BCUT2D eigenvalue weighted by Gasteiger charge is -2.02. The molecule has 0 aliphatic heterocycles. The van der Waals surface area contributed by atoms with Crippen molar-refractivity contribution in [3.63, 3.8) is 0 Å². The maximum Gasteiger partial charge on any atom is 0.416 e. The number of carboxylic acid groups (broad SMARTS) is 2. The smallest absolute Gasteiger partial charge is 0.416 e. The first-order valence-corrected chi connectivity index (χ1v) is 6.81. The van der Waals surface area contributed by atoms with Gasteiger partial charge in [0.15, 0.2) is 0 Å². The first-order chi connectivity index (χ1) is 10.4. The second kappa shape index (κ2) is 8.16. The Bertz CT molecular complexity index is 649. The lowest BCUT2D eigenvalue weighted by molar-refractivity contribution is -0.135. The van der Waals surface area contributed by atoms with E-state index in [0.29, 0.717) is 11.9 Å². The van der Waals surface area contributed by atoms with Crippen LogP contribution in [0, 0.1) is 0 Å². The van der Waals surface area contributed by atoms with E-state index >= 15 is 0 Å². The molecule has 0 saturated heterocycles. The Morgan fingerprint density at radius 1 is 1.32 bits per heavy atom. The summed E-state index contributed by atoms with van der Waals surface area (Å²) >= 11 is 0. The molecular weight excluding hydrogens is 286 g/mol. The predicted octanol–water partition coefficient (Wildman–Crippen LogP) is 1.35. The van der Waals surface area contributed by atoms with Crippen molar-refractivity contribution in [1.29, 1.82) is 0 Å². The Labute approximate surface area is 128 Å². The predicted molar refractivity (Wildman–Crippen MR) is 84.3 cm³/mol. The maximum absolute atomic E-state index is 11.0. The van der Waals surface area contributed by atoms with Crippen LogP contribution in [0.1, 0.15) is 12.5 Å². The third kappa shape index (κ3) is 4.87. The molecule has 0 unspecified atom stereocenters. The summed E-state index contributed by atoms with van der Waals surface area (Å²) in [6.45, 7) is 1.95. The van der Waals surface area contributed by atoms with Gasteiger partial charge in [0.25, 0.3) is 0 Å². The highest BCUT2D eigenvalue weighted by Crippen LogP contribution is 2.22. The Morgan fingerprint density at radius 3 is 2.41 bits per heavy atom. The molecule has 0 spiro atoms. The number of rotatable bonds is 4.